The van der Waals surface area contributed by atoms with Crippen LogP contribution >= 0.6 is 0 Å². The Bertz CT molecular complexity index is 543. The molecule has 114 valence electrons. The maximum absolute atomic E-state index is 11.9. The van der Waals surface area contributed by atoms with E-state index in [-0.39, 0.29) is 12.6 Å². The number of hydrogen-bond donors (Lipinski definition) is 0. The van der Waals surface area contributed by atoms with Gasteiger partial charge < -0.3 is 9.47 Å². The Kier molecular flexibility index (Phi) is 5.70. The van der Waals surface area contributed by atoms with Crippen LogP contribution in [0.5, 0.6) is 0 Å². The summed E-state index contributed by atoms with van der Waals surface area (Å²) in [7, 11) is 0. The maximum atomic E-state index is 11.9. The minimum Gasteiger partial charge on any atom is -0.462 e. The summed E-state index contributed by atoms with van der Waals surface area (Å²) in [5.41, 5.74) is 1.16. The molecule has 1 rings (SSSR count). The molecular weight excluding hydrogens is 268 g/mol. The molecular formula is C17H22O4. The summed E-state index contributed by atoms with van der Waals surface area (Å²) in [6.45, 7) is 10.8. The van der Waals surface area contributed by atoms with Crippen LogP contribution in [-0.2, 0) is 14.3 Å². The lowest BCUT2D eigenvalue weighted by Gasteiger charge is -2.24. The topological polar surface area (TPSA) is 52.6 Å². The highest BCUT2D eigenvalue weighted by Crippen LogP contribution is 2.17. The molecule has 0 saturated carbocycles. The van der Waals surface area contributed by atoms with Crippen LogP contribution in [0.1, 0.15) is 43.1 Å². The van der Waals surface area contributed by atoms with E-state index in [2.05, 4.69) is 6.58 Å². The first-order valence-corrected chi connectivity index (χ1v) is 6.84. The number of esters is 2. The summed E-state index contributed by atoms with van der Waals surface area (Å²) in [5.74, 6) is -0.814. The molecule has 4 heteroatoms. The van der Waals surface area contributed by atoms with Gasteiger partial charge in [-0.05, 0) is 39.8 Å². The fourth-order valence-corrected chi connectivity index (χ4v) is 1.63. The van der Waals surface area contributed by atoms with Crippen molar-refractivity contribution in [3.63, 3.8) is 0 Å². The Balaban J connectivity index is 2.47. The molecule has 0 atom stereocenters. The largest absolute Gasteiger partial charge is 0.462 e. The first-order chi connectivity index (χ1) is 9.71. The van der Waals surface area contributed by atoms with Gasteiger partial charge in [0.15, 0.2) is 0 Å². The van der Waals surface area contributed by atoms with Crippen molar-refractivity contribution in [2.75, 3.05) is 6.61 Å². The molecule has 1 aromatic carbocycles. The predicted octanol–water partition coefficient (Wildman–Crippen LogP) is 3.44. The van der Waals surface area contributed by atoms with E-state index in [9.17, 15) is 9.59 Å². The van der Waals surface area contributed by atoms with Crippen molar-refractivity contribution >= 4 is 11.9 Å². The van der Waals surface area contributed by atoms with Crippen molar-refractivity contribution in [3.05, 3.63) is 47.5 Å². The van der Waals surface area contributed by atoms with Crippen molar-refractivity contribution in [2.45, 2.75) is 39.7 Å². The molecule has 0 saturated heterocycles. The van der Waals surface area contributed by atoms with Crippen LogP contribution in [0.4, 0.5) is 0 Å². The normalized spacial score (nSPS) is 10.9. The number of ether oxygens (including phenoxy) is 2. The lowest BCUT2D eigenvalue weighted by Crippen LogP contribution is -2.30. The van der Waals surface area contributed by atoms with Gasteiger partial charge in [0.2, 0.25) is 0 Å². The molecule has 0 fully saturated rings. The highest BCUT2D eigenvalue weighted by Gasteiger charge is 2.23. The molecule has 0 aliphatic carbocycles. The van der Waals surface area contributed by atoms with Crippen LogP contribution in [-0.4, -0.2) is 24.1 Å². The molecule has 0 heterocycles. The van der Waals surface area contributed by atoms with E-state index in [0.29, 0.717) is 17.6 Å². The van der Waals surface area contributed by atoms with E-state index in [0.717, 1.165) is 5.56 Å². The lowest BCUT2D eigenvalue weighted by atomic mass is 10.1. The zero-order valence-corrected chi connectivity index (χ0v) is 13.1. The molecule has 0 amide bonds. The summed E-state index contributed by atoms with van der Waals surface area (Å²) in [6.07, 6.45) is 0.420. The van der Waals surface area contributed by atoms with Gasteiger partial charge in [-0.1, -0.05) is 24.3 Å². The van der Waals surface area contributed by atoms with Gasteiger partial charge in [-0.3, -0.25) is 0 Å². The number of carbonyl (C=O) groups excluding carboxylic acids is 2. The van der Waals surface area contributed by atoms with Gasteiger partial charge in [-0.15, -0.1) is 0 Å². The van der Waals surface area contributed by atoms with Crippen molar-refractivity contribution < 1.29 is 19.1 Å². The number of benzene rings is 1. The second-order valence-corrected chi connectivity index (χ2v) is 5.68. The number of carbonyl (C=O) groups is 2. The summed E-state index contributed by atoms with van der Waals surface area (Å²) in [4.78, 5) is 23.4. The quantitative estimate of drug-likeness (QED) is 0.595. The average Bonchev–Trinajstić information content (AvgIpc) is 2.37. The van der Waals surface area contributed by atoms with Gasteiger partial charge in [0, 0.05) is 12.0 Å². The molecule has 0 aliphatic rings. The molecule has 0 spiro atoms. The first-order valence-electron chi connectivity index (χ1n) is 6.84. The van der Waals surface area contributed by atoms with Crippen molar-refractivity contribution in [2.24, 2.45) is 0 Å². The number of rotatable bonds is 6. The third kappa shape index (κ3) is 5.81. The highest BCUT2D eigenvalue weighted by atomic mass is 16.6. The lowest BCUT2D eigenvalue weighted by molar-refractivity contribution is -0.152. The van der Waals surface area contributed by atoms with Crippen molar-refractivity contribution in [1.29, 1.82) is 0 Å². The van der Waals surface area contributed by atoms with E-state index in [4.69, 9.17) is 9.47 Å². The smallest absolute Gasteiger partial charge is 0.338 e. The van der Waals surface area contributed by atoms with Crippen LogP contribution in [0.15, 0.2) is 36.4 Å². The minimum atomic E-state index is -0.705. The zero-order chi connectivity index (χ0) is 16.0. The van der Waals surface area contributed by atoms with Gasteiger partial charge >= 0.3 is 11.9 Å². The third-order valence-electron chi connectivity index (χ3n) is 2.91. The van der Waals surface area contributed by atoms with E-state index < -0.39 is 11.6 Å². The van der Waals surface area contributed by atoms with E-state index in [1.807, 2.05) is 19.1 Å². The Morgan fingerprint density at radius 3 is 2.52 bits per heavy atom. The van der Waals surface area contributed by atoms with Gasteiger partial charge in [0.05, 0.1) is 12.2 Å². The molecule has 0 radical (unpaired) electrons. The van der Waals surface area contributed by atoms with Gasteiger partial charge in [-0.25, -0.2) is 9.59 Å². The van der Waals surface area contributed by atoms with Gasteiger partial charge in [0.25, 0.3) is 0 Å². The van der Waals surface area contributed by atoms with Crippen molar-refractivity contribution in [1.82, 2.24) is 0 Å². The van der Waals surface area contributed by atoms with E-state index >= 15 is 0 Å². The fourth-order valence-electron chi connectivity index (χ4n) is 1.63. The minimum absolute atomic E-state index is 0.184. The molecule has 0 bridgehead atoms. The first kappa shape index (κ1) is 17.0. The second kappa shape index (κ2) is 7.07. The Labute approximate surface area is 125 Å². The SMILES string of the molecule is C=C(C)C(=O)OC(C)(C)CCOC(=O)c1cccc(C)c1. The summed E-state index contributed by atoms with van der Waals surface area (Å²) < 4.78 is 10.5. The van der Waals surface area contributed by atoms with Crippen LogP contribution < -0.4 is 0 Å². The monoisotopic (exact) mass is 290 g/mol. The van der Waals surface area contributed by atoms with Gasteiger partial charge in [0.1, 0.15) is 5.60 Å². The maximum Gasteiger partial charge on any atom is 0.338 e. The van der Waals surface area contributed by atoms with E-state index in [1.165, 1.54) is 0 Å². The molecule has 0 N–H and O–H groups in total. The van der Waals surface area contributed by atoms with Crippen molar-refractivity contribution in [3.8, 4) is 0 Å². The summed E-state index contributed by atoms with van der Waals surface area (Å²) in [5, 5.41) is 0. The standard InChI is InChI=1S/C17H22O4/c1-12(2)15(18)21-17(4,5)9-10-20-16(19)14-8-6-7-13(3)11-14/h6-8,11H,1,9-10H2,2-5H3. The fraction of sp³-hybridized carbons (Fsp3) is 0.412. The third-order valence-corrected chi connectivity index (χ3v) is 2.91. The van der Waals surface area contributed by atoms with Crippen LogP contribution in [0.3, 0.4) is 0 Å². The molecule has 0 aromatic heterocycles. The Morgan fingerprint density at radius 1 is 1.29 bits per heavy atom. The van der Waals surface area contributed by atoms with Gasteiger partial charge in [-0.2, -0.15) is 0 Å². The molecule has 4 nitrogen and oxygen atoms in total. The van der Waals surface area contributed by atoms with Crippen LogP contribution in [0.2, 0.25) is 0 Å². The molecule has 0 unspecified atom stereocenters. The predicted molar refractivity (Wildman–Crippen MR) is 81.1 cm³/mol. The number of aryl methyl sites for hydroxylation is 1. The zero-order valence-electron chi connectivity index (χ0n) is 13.1. The average molecular weight is 290 g/mol. The number of hydrogen-bond acceptors (Lipinski definition) is 4. The molecule has 0 aliphatic heterocycles. The summed E-state index contributed by atoms with van der Waals surface area (Å²) in [6, 6.07) is 7.21. The van der Waals surface area contributed by atoms with Crippen LogP contribution in [0.25, 0.3) is 0 Å². The Hall–Kier alpha value is -2.10. The Morgan fingerprint density at radius 2 is 1.95 bits per heavy atom. The second-order valence-electron chi connectivity index (χ2n) is 5.68. The van der Waals surface area contributed by atoms with Crippen LogP contribution in [0, 0.1) is 6.92 Å². The molecule has 21 heavy (non-hydrogen) atoms. The summed E-state index contributed by atoms with van der Waals surface area (Å²) >= 11 is 0. The van der Waals surface area contributed by atoms with E-state index in [1.54, 1.807) is 32.9 Å². The highest BCUT2D eigenvalue weighted by molar-refractivity contribution is 5.89. The molecule has 1 aromatic rings.